The van der Waals surface area contributed by atoms with Crippen LogP contribution >= 0.6 is 0 Å². The third-order valence-electron chi connectivity index (χ3n) is 4.37. The van der Waals surface area contributed by atoms with Gasteiger partial charge in [0.05, 0.1) is 0 Å². The maximum Gasteiger partial charge on any atom is 0.228 e. The molecule has 0 aliphatic carbocycles. The van der Waals surface area contributed by atoms with E-state index in [1.165, 1.54) is 37.7 Å². The van der Waals surface area contributed by atoms with Gasteiger partial charge in [0.15, 0.2) is 0 Å². The van der Waals surface area contributed by atoms with Crippen molar-refractivity contribution in [1.29, 1.82) is 0 Å². The monoisotopic (exact) mass is 296 g/mol. The molecule has 0 amide bonds. The SMILES string of the molecule is c1cc2ccc(-c3noc(CCN4CCCCC4)n3)cc2[nH]1. The van der Waals surface area contributed by atoms with E-state index in [-0.39, 0.29) is 0 Å². The Morgan fingerprint density at radius 2 is 2.05 bits per heavy atom. The van der Waals surface area contributed by atoms with Gasteiger partial charge >= 0.3 is 0 Å². The zero-order chi connectivity index (χ0) is 14.8. The highest BCUT2D eigenvalue weighted by molar-refractivity contribution is 5.83. The van der Waals surface area contributed by atoms with Crippen LogP contribution in [0.5, 0.6) is 0 Å². The molecule has 0 radical (unpaired) electrons. The van der Waals surface area contributed by atoms with Crippen LogP contribution in [0.1, 0.15) is 25.2 Å². The molecule has 5 heteroatoms. The molecule has 4 rings (SSSR count). The third kappa shape index (κ3) is 2.76. The summed E-state index contributed by atoms with van der Waals surface area (Å²) in [6.07, 6.45) is 6.76. The summed E-state index contributed by atoms with van der Waals surface area (Å²) in [5.41, 5.74) is 2.08. The molecule has 0 spiro atoms. The van der Waals surface area contributed by atoms with Gasteiger partial charge in [-0.25, -0.2) is 0 Å². The van der Waals surface area contributed by atoms with Gasteiger partial charge in [0.25, 0.3) is 0 Å². The first kappa shape index (κ1) is 13.5. The number of rotatable bonds is 4. The average Bonchev–Trinajstić information content (AvgIpc) is 3.22. The minimum atomic E-state index is 0.671. The number of H-pyrrole nitrogens is 1. The summed E-state index contributed by atoms with van der Waals surface area (Å²) < 4.78 is 5.41. The minimum Gasteiger partial charge on any atom is -0.361 e. The van der Waals surface area contributed by atoms with Gasteiger partial charge in [-0.3, -0.25) is 0 Å². The molecule has 2 aromatic heterocycles. The predicted molar refractivity (Wildman–Crippen MR) is 85.6 cm³/mol. The molecule has 3 aromatic rings. The molecule has 5 nitrogen and oxygen atoms in total. The summed E-state index contributed by atoms with van der Waals surface area (Å²) in [4.78, 5) is 10.2. The minimum absolute atomic E-state index is 0.671. The molecule has 0 unspecified atom stereocenters. The number of nitrogens with one attached hydrogen (secondary N) is 1. The lowest BCUT2D eigenvalue weighted by atomic mass is 10.1. The standard InChI is InChI=1S/C17H20N4O/c1-2-9-21(10-3-1)11-7-16-19-17(20-22-16)14-5-4-13-6-8-18-15(13)12-14/h4-6,8,12,18H,1-3,7,9-11H2. The number of fused-ring (bicyclic) bond motifs is 1. The molecular formula is C17H20N4O. The topological polar surface area (TPSA) is 58.0 Å². The average molecular weight is 296 g/mol. The predicted octanol–water partition coefficient (Wildman–Crippen LogP) is 3.25. The number of nitrogens with zero attached hydrogens (tertiary/aromatic N) is 3. The van der Waals surface area contributed by atoms with Crippen LogP contribution in [0, 0.1) is 0 Å². The fourth-order valence-corrected chi connectivity index (χ4v) is 3.10. The Morgan fingerprint density at radius 3 is 2.95 bits per heavy atom. The number of piperidine rings is 1. The van der Waals surface area contributed by atoms with Crippen molar-refractivity contribution in [2.24, 2.45) is 0 Å². The van der Waals surface area contributed by atoms with Crippen LogP contribution in [0.2, 0.25) is 0 Å². The summed E-state index contributed by atoms with van der Waals surface area (Å²) in [5, 5.41) is 5.32. The first-order valence-electron chi connectivity index (χ1n) is 8.01. The first-order chi connectivity index (χ1) is 10.9. The van der Waals surface area contributed by atoms with Gasteiger partial charge in [0.1, 0.15) is 0 Å². The quantitative estimate of drug-likeness (QED) is 0.803. The van der Waals surface area contributed by atoms with Crippen LogP contribution in [0.3, 0.4) is 0 Å². The molecule has 1 fully saturated rings. The zero-order valence-electron chi connectivity index (χ0n) is 12.6. The highest BCUT2D eigenvalue weighted by Crippen LogP contribution is 2.21. The smallest absolute Gasteiger partial charge is 0.228 e. The number of aromatic amines is 1. The number of aromatic nitrogens is 3. The second-order valence-electron chi connectivity index (χ2n) is 5.94. The van der Waals surface area contributed by atoms with Gasteiger partial charge < -0.3 is 14.4 Å². The van der Waals surface area contributed by atoms with Crippen molar-refractivity contribution in [1.82, 2.24) is 20.0 Å². The van der Waals surface area contributed by atoms with E-state index in [0.717, 1.165) is 29.9 Å². The Morgan fingerprint density at radius 1 is 1.14 bits per heavy atom. The van der Waals surface area contributed by atoms with E-state index in [2.05, 4.69) is 38.2 Å². The van der Waals surface area contributed by atoms with Crippen LogP contribution in [0.25, 0.3) is 22.3 Å². The normalized spacial score (nSPS) is 16.4. The number of likely N-dealkylation sites (tertiary alicyclic amines) is 1. The summed E-state index contributed by atoms with van der Waals surface area (Å²) in [6.45, 7) is 3.41. The van der Waals surface area contributed by atoms with Gasteiger partial charge in [-0.15, -0.1) is 0 Å². The molecule has 1 aromatic carbocycles. The van der Waals surface area contributed by atoms with Crippen LogP contribution in [-0.4, -0.2) is 39.7 Å². The van der Waals surface area contributed by atoms with E-state index in [4.69, 9.17) is 4.52 Å². The fourth-order valence-electron chi connectivity index (χ4n) is 3.10. The van der Waals surface area contributed by atoms with Crippen molar-refractivity contribution in [2.45, 2.75) is 25.7 Å². The maximum atomic E-state index is 5.41. The molecule has 1 N–H and O–H groups in total. The largest absolute Gasteiger partial charge is 0.361 e. The number of hydrogen-bond donors (Lipinski definition) is 1. The van der Waals surface area contributed by atoms with Gasteiger partial charge in [-0.1, -0.05) is 23.7 Å². The van der Waals surface area contributed by atoms with Crippen LogP contribution < -0.4 is 0 Å². The number of hydrogen-bond acceptors (Lipinski definition) is 4. The Bertz CT molecular complexity index is 755. The van der Waals surface area contributed by atoms with E-state index in [1.54, 1.807) is 0 Å². The van der Waals surface area contributed by atoms with E-state index in [9.17, 15) is 0 Å². The molecule has 114 valence electrons. The maximum absolute atomic E-state index is 5.41. The lowest BCUT2D eigenvalue weighted by Gasteiger charge is -2.25. The highest BCUT2D eigenvalue weighted by atomic mass is 16.5. The second-order valence-corrected chi connectivity index (χ2v) is 5.94. The van der Waals surface area contributed by atoms with Gasteiger partial charge in [-0.2, -0.15) is 4.98 Å². The Labute approximate surface area is 129 Å². The fraction of sp³-hybridized carbons (Fsp3) is 0.412. The molecule has 0 bridgehead atoms. The Hall–Kier alpha value is -2.14. The summed E-state index contributed by atoms with van der Waals surface area (Å²) in [5.74, 6) is 1.40. The summed E-state index contributed by atoms with van der Waals surface area (Å²) in [7, 11) is 0. The Kier molecular flexibility index (Phi) is 3.64. The van der Waals surface area contributed by atoms with Gasteiger partial charge in [0, 0.05) is 30.2 Å². The zero-order valence-corrected chi connectivity index (χ0v) is 12.6. The van der Waals surface area contributed by atoms with E-state index < -0.39 is 0 Å². The van der Waals surface area contributed by atoms with Crippen molar-refractivity contribution in [3.8, 4) is 11.4 Å². The number of benzene rings is 1. The van der Waals surface area contributed by atoms with Gasteiger partial charge in [0.2, 0.25) is 11.7 Å². The van der Waals surface area contributed by atoms with E-state index >= 15 is 0 Å². The summed E-state index contributed by atoms with van der Waals surface area (Å²) >= 11 is 0. The molecule has 0 atom stereocenters. The van der Waals surface area contributed by atoms with Crippen LogP contribution in [0.15, 0.2) is 35.0 Å². The molecule has 1 saturated heterocycles. The van der Waals surface area contributed by atoms with Crippen LogP contribution in [0.4, 0.5) is 0 Å². The van der Waals surface area contributed by atoms with Crippen LogP contribution in [-0.2, 0) is 6.42 Å². The molecular weight excluding hydrogens is 276 g/mol. The first-order valence-corrected chi connectivity index (χ1v) is 8.01. The molecule has 0 saturated carbocycles. The lowest BCUT2D eigenvalue weighted by molar-refractivity contribution is 0.223. The van der Waals surface area contributed by atoms with Crippen molar-refractivity contribution < 1.29 is 4.52 Å². The summed E-state index contributed by atoms with van der Waals surface area (Å²) in [6, 6.07) is 8.23. The van der Waals surface area contributed by atoms with E-state index in [0.29, 0.717) is 5.82 Å². The van der Waals surface area contributed by atoms with Crippen molar-refractivity contribution in [3.05, 3.63) is 36.4 Å². The Balaban J connectivity index is 1.46. The van der Waals surface area contributed by atoms with Gasteiger partial charge in [-0.05, 0) is 43.5 Å². The lowest BCUT2D eigenvalue weighted by Crippen LogP contribution is -2.31. The van der Waals surface area contributed by atoms with Crippen molar-refractivity contribution in [3.63, 3.8) is 0 Å². The van der Waals surface area contributed by atoms with Crippen molar-refractivity contribution in [2.75, 3.05) is 19.6 Å². The second kappa shape index (κ2) is 5.93. The third-order valence-corrected chi connectivity index (χ3v) is 4.37. The van der Waals surface area contributed by atoms with Crippen molar-refractivity contribution >= 4 is 10.9 Å². The molecule has 1 aliphatic heterocycles. The molecule has 22 heavy (non-hydrogen) atoms. The molecule has 3 heterocycles. The molecule has 1 aliphatic rings. The van der Waals surface area contributed by atoms with E-state index in [1.807, 2.05) is 12.3 Å². The highest BCUT2D eigenvalue weighted by Gasteiger charge is 2.13.